The van der Waals surface area contributed by atoms with E-state index in [0.29, 0.717) is 5.92 Å². The SMILES string of the molecule is Cc1cc(C(C)C)cc(O)c1B1OC(C)(C)C(C)(C)O1. The maximum atomic E-state index is 10.4. The average molecular weight is 276 g/mol. The lowest BCUT2D eigenvalue weighted by molar-refractivity contribution is 0.00578. The van der Waals surface area contributed by atoms with Gasteiger partial charge in [0.25, 0.3) is 0 Å². The van der Waals surface area contributed by atoms with Gasteiger partial charge in [-0.05, 0) is 57.7 Å². The molecule has 4 heteroatoms. The normalized spacial score (nSPS) is 20.7. The van der Waals surface area contributed by atoms with Crippen molar-refractivity contribution in [3.8, 4) is 5.75 Å². The van der Waals surface area contributed by atoms with E-state index in [4.69, 9.17) is 9.31 Å². The number of rotatable bonds is 2. The summed E-state index contributed by atoms with van der Waals surface area (Å²) < 4.78 is 12.1. The van der Waals surface area contributed by atoms with Crippen LogP contribution in [0, 0.1) is 6.92 Å². The molecular formula is C16H25BO3. The minimum atomic E-state index is -0.513. The highest BCUT2D eigenvalue weighted by atomic mass is 16.7. The summed E-state index contributed by atoms with van der Waals surface area (Å²) in [5.74, 6) is 0.638. The Morgan fingerprint density at radius 3 is 1.95 bits per heavy atom. The molecule has 0 atom stereocenters. The summed E-state index contributed by atoms with van der Waals surface area (Å²) in [4.78, 5) is 0. The predicted molar refractivity (Wildman–Crippen MR) is 82.6 cm³/mol. The lowest BCUT2D eigenvalue weighted by atomic mass is 9.74. The van der Waals surface area contributed by atoms with Gasteiger partial charge in [0.1, 0.15) is 5.75 Å². The van der Waals surface area contributed by atoms with Crippen LogP contribution in [-0.2, 0) is 9.31 Å². The molecule has 3 nitrogen and oxygen atoms in total. The Bertz CT molecular complexity index is 481. The van der Waals surface area contributed by atoms with Gasteiger partial charge in [0.2, 0.25) is 0 Å². The molecule has 0 spiro atoms. The number of phenols is 1. The topological polar surface area (TPSA) is 38.7 Å². The first kappa shape index (κ1) is 15.4. The van der Waals surface area contributed by atoms with Crippen LogP contribution < -0.4 is 5.46 Å². The molecule has 1 saturated heterocycles. The van der Waals surface area contributed by atoms with Crippen LogP contribution in [0.1, 0.15) is 58.6 Å². The molecule has 1 fully saturated rings. The van der Waals surface area contributed by atoms with Gasteiger partial charge in [-0.3, -0.25) is 0 Å². The fourth-order valence-corrected chi connectivity index (χ4v) is 2.41. The lowest BCUT2D eigenvalue weighted by Gasteiger charge is -2.32. The summed E-state index contributed by atoms with van der Waals surface area (Å²) >= 11 is 0. The summed E-state index contributed by atoms with van der Waals surface area (Å²) in [7, 11) is -0.513. The van der Waals surface area contributed by atoms with Crippen LogP contribution in [-0.4, -0.2) is 23.4 Å². The fourth-order valence-electron chi connectivity index (χ4n) is 2.41. The molecule has 0 aromatic heterocycles. The van der Waals surface area contributed by atoms with Crippen molar-refractivity contribution in [1.29, 1.82) is 0 Å². The van der Waals surface area contributed by atoms with Crippen molar-refractivity contribution in [3.63, 3.8) is 0 Å². The van der Waals surface area contributed by atoms with Gasteiger partial charge in [0, 0.05) is 5.46 Å². The quantitative estimate of drug-likeness (QED) is 0.843. The highest BCUT2D eigenvalue weighted by Crippen LogP contribution is 2.37. The van der Waals surface area contributed by atoms with Crippen molar-refractivity contribution >= 4 is 12.6 Å². The maximum absolute atomic E-state index is 10.4. The highest BCUT2D eigenvalue weighted by Gasteiger charge is 2.52. The number of aromatic hydroxyl groups is 1. The van der Waals surface area contributed by atoms with Crippen molar-refractivity contribution in [2.24, 2.45) is 0 Å². The number of benzene rings is 1. The third kappa shape index (κ3) is 2.47. The third-order valence-electron chi connectivity index (χ3n) is 4.54. The van der Waals surface area contributed by atoms with Gasteiger partial charge in [-0.25, -0.2) is 0 Å². The molecule has 1 aromatic rings. The third-order valence-corrected chi connectivity index (χ3v) is 4.54. The molecule has 110 valence electrons. The Balaban J connectivity index is 2.41. The standard InChI is InChI=1S/C16H25BO3/c1-10(2)12-8-11(3)14(13(18)9-12)17-19-15(4,5)16(6,7)20-17/h8-10,18H,1-7H3. The van der Waals surface area contributed by atoms with Crippen LogP contribution in [0.3, 0.4) is 0 Å². The Labute approximate surface area is 122 Å². The van der Waals surface area contributed by atoms with Gasteiger partial charge in [-0.1, -0.05) is 19.9 Å². The summed E-state index contributed by atoms with van der Waals surface area (Å²) in [5, 5.41) is 10.4. The molecule has 1 heterocycles. The Hall–Kier alpha value is -0.995. The smallest absolute Gasteiger partial charge is 0.498 e. The average Bonchev–Trinajstić information content (AvgIpc) is 2.46. The zero-order valence-electron chi connectivity index (χ0n) is 13.6. The highest BCUT2D eigenvalue weighted by molar-refractivity contribution is 6.63. The summed E-state index contributed by atoms with van der Waals surface area (Å²) in [6.45, 7) is 14.3. The van der Waals surface area contributed by atoms with Gasteiger partial charge >= 0.3 is 7.12 Å². The first-order valence-electron chi connectivity index (χ1n) is 7.24. The van der Waals surface area contributed by atoms with Crippen LogP contribution in [0.4, 0.5) is 0 Å². The van der Waals surface area contributed by atoms with Crippen LogP contribution >= 0.6 is 0 Å². The molecule has 0 saturated carbocycles. The molecule has 2 rings (SSSR count). The van der Waals surface area contributed by atoms with Crippen LogP contribution in [0.15, 0.2) is 12.1 Å². The van der Waals surface area contributed by atoms with Crippen LogP contribution in [0.5, 0.6) is 5.75 Å². The summed E-state index contributed by atoms with van der Waals surface area (Å²) in [6.07, 6.45) is 0. The van der Waals surface area contributed by atoms with Crippen LogP contribution in [0.2, 0.25) is 0 Å². The second kappa shape index (κ2) is 4.78. The molecule has 0 unspecified atom stereocenters. The predicted octanol–water partition coefficient (Wildman–Crippen LogP) is 3.12. The number of phenolic OH excluding ortho intramolecular Hbond substituents is 1. The maximum Gasteiger partial charge on any atom is 0.498 e. The summed E-state index contributed by atoms with van der Waals surface area (Å²) in [5.41, 5.74) is 2.08. The van der Waals surface area contributed by atoms with Crippen molar-refractivity contribution in [2.45, 2.75) is 65.6 Å². The largest absolute Gasteiger partial charge is 0.508 e. The molecule has 20 heavy (non-hydrogen) atoms. The molecule has 0 bridgehead atoms. The van der Waals surface area contributed by atoms with E-state index < -0.39 is 18.3 Å². The van der Waals surface area contributed by atoms with E-state index >= 15 is 0 Å². The van der Waals surface area contributed by atoms with E-state index in [0.717, 1.165) is 16.6 Å². The first-order valence-corrected chi connectivity index (χ1v) is 7.24. The van der Waals surface area contributed by atoms with Crippen molar-refractivity contribution in [2.75, 3.05) is 0 Å². The second-order valence-electron chi connectivity index (χ2n) is 7.01. The van der Waals surface area contributed by atoms with Gasteiger partial charge < -0.3 is 14.4 Å². The van der Waals surface area contributed by atoms with Gasteiger partial charge in [-0.15, -0.1) is 0 Å². The Morgan fingerprint density at radius 1 is 1.05 bits per heavy atom. The molecule has 1 N–H and O–H groups in total. The minimum Gasteiger partial charge on any atom is -0.508 e. The van der Waals surface area contributed by atoms with Crippen molar-refractivity contribution < 1.29 is 14.4 Å². The van der Waals surface area contributed by atoms with Crippen LogP contribution in [0.25, 0.3) is 0 Å². The molecule has 0 aliphatic carbocycles. The fraction of sp³-hybridized carbons (Fsp3) is 0.625. The first-order chi connectivity index (χ1) is 9.05. The molecule has 1 aliphatic rings. The Kier molecular flexibility index (Phi) is 3.68. The van der Waals surface area contributed by atoms with E-state index in [1.165, 1.54) is 0 Å². The van der Waals surface area contributed by atoms with E-state index in [-0.39, 0.29) is 5.75 Å². The monoisotopic (exact) mass is 276 g/mol. The number of hydrogen-bond donors (Lipinski definition) is 1. The van der Waals surface area contributed by atoms with Gasteiger partial charge in [-0.2, -0.15) is 0 Å². The molecule has 0 radical (unpaired) electrons. The van der Waals surface area contributed by atoms with Crippen molar-refractivity contribution in [1.82, 2.24) is 0 Å². The van der Waals surface area contributed by atoms with Crippen molar-refractivity contribution in [3.05, 3.63) is 23.3 Å². The number of aryl methyl sites for hydroxylation is 1. The van der Waals surface area contributed by atoms with Gasteiger partial charge in [0.15, 0.2) is 0 Å². The van der Waals surface area contributed by atoms with E-state index in [1.54, 1.807) is 0 Å². The second-order valence-corrected chi connectivity index (χ2v) is 7.01. The van der Waals surface area contributed by atoms with Gasteiger partial charge in [0.05, 0.1) is 11.2 Å². The minimum absolute atomic E-state index is 0.257. The Morgan fingerprint density at radius 2 is 1.55 bits per heavy atom. The zero-order valence-corrected chi connectivity index (χ0v) is 13.6. The van der Waals surface area contributed by atoms with E-state index in [1.807, 2.05) is 40.7 Å². The molecule has 0 amide bonds. The van der Waals surface area contributed by atoms with E-state index in [2.05, 4.69) is 19.9 Å². The molecular weight excluding hydrogens is 251 g/mol. The lowest BCUT2D eigenvalue weighted by Crippen LogP contribution is -2.41. The molecule has 1 aliphatic heterocycles. The zero-order chi connectivity index (χ0) is 15.3. The summed E-state index contributed by atoms with van der Waals surface area (Å²) in [6, 6.07) is 3.92. The van der Waals surface area contributed by atoms with E-state index in [9.17, 15) is 5.11 Å². The molecule has 1 aromatic carbocycles. The number of hydrogen-bond acceptors (Lipinski definition) is 3.